The smallest absolute Gasteiger partial charge is 0.384 e. The second kappa shape index (κ2) is 4.59. The van der Waals surface area contributed by atoms with Crippen LogP contribution in [0.4, 0.5) is 24.8 Å². The number of nitrogens with zero attached hydrogens (tertiary/aromatic N) is 2. The van der Waals surface area contributed by atoms with Crippen molar-refractivity contribution in [2.75, 3.05) is 22.6 Å². The molecule has 1 saturated heterocycles. The zero-order valence-corrected chi connectivity index (χ0v) is 9.61. The zero-order valence-electron chi connectivity index (χ0n) is 8.79. The van der Waals surface area contributed by atoms with Gasteiger partial charge in [-0.25, -0.2) is 9.97 Å². The van der Waals surface area contributed by atoms with Crippen molar-refractivity contribution in [3.63, 3.8) is 0 Å². The molecule has 94 valence electrons. The molecule has 0 amide bonds. The number of halogens is 3. The summed E-state index contributed by atoms with van der Waals surface area (Å²) >= 11 is 1.76. The molecule has 4 nitrogen and oxygen atoms in total. The number of hydrogen-bond acceptors (Lipinski definition) is 5. The number of nitrogens with one attached hydrogen (secondary N) is 1. The maximum atomic E-state index is 12.4. The fourth-order valence-corrected chi connectivity index (χ4v) is 2.68. The number of thioether (sulfide) groups is 1. The van der Waals surface area contributed by atoms with Crippen molar-refractivity contribution in [2.24, 2.45) is 0 Å². The van der Waals surface area contributed by atoms with Gasteiger partial charge in [-0.15, -0.1) is 0 Å². The summed E-state index contributed by atoms with van der Waals surface area (Å²) in [4.78, 5) is 6.61. The van der Waals surface area contributed by atoms with Crippen LogP contribution < -0.4 is 11.1 Å². The fourth-order valence-electron chi connectivity index (χ4n) is 1.52. The Morgan fingerprint density at radius 3 is 2.76 bits per heavy atom. The lowest BCUT2D eigenvalue weighted by Crippen LogP contribution is -2.21. The highest BCUT2D eigenvalue weighted by molar-refractivity contribution is 7.99. The van der Waals surface area contributed by atoms with Crippen molar-refractivity contribution in [2.45, 2.75) is 18.6 Å². The van der Waals surface area contributed by atoms with Crippen molar-refractivity contribution >= 4 is 23.4 Å². The molecular weight excluding hydrogens is 253 g/mol. The van der Waals surface area contributed by atoms with E-state index in [2.05, 4.69) is 15.3 Å². The predicted molar refractivity (Wildman–Crippen MR) is 60.8 cm³/mol. The van der Waals surface area contributed by atoms with Crippen molar-refractivity contribution in [1.29, 1.82) is 0 Å². The summed E-state index contributed by atoms with van der Waals surface area (Å²) in [6, 6.07) is 1.47. The Hall–Kier alpha value is -1.18. The third kappa shape index (κ3) is 3.15. The molecule has 3 N–H and O–H groups in total. The van der Waals surface area contributed by atoms with E-state index in [-0.39, 0.29) is 17.7 Å². The molecule has 0 aliphatic carbocycles. The van der Waals surface area contributed by atoms with Gasteiger partial charge >= 0.3 is 6.18 Å². The Morgan fingerprint density at radius 2 is 2.18 bits per heavy atom. The molecule has 0 spiro atoms. The van der Waals surface area contributed by atoms with Crippen LogP contribution in [-0.2, 0) is 6.18 Å². The van der Waals surface area contributed by atoms with Crippen LogP contribution in [-0.4, -0.2) is 27.5 Å². The summed E-state index contributed by atoms with van der Waals surface area (Å²) in [5, 5.41) is 2.94. The Labute approximate surface area is 100 Å². The lowest BCUT2D eigenvalue weighted by molar-refractivity contribution is -0.144. The quantitative estimate of drug-likeness (QED) is 0.855. The normalized spacial score (nSPS) is 20.5. The minimum absolute atomic E-state index is 0.136. The lowest BCUT2D eigenvalue weighted by atomic mass is 10.2. The molecule has 2 rings (SSSR count). The summed E-state index contributed by atoms with van der Waals surface area (Å²) in [6.45, 7) is 0. The lowest BCUT2D eigenvalue weighted by Gasteiger charge is -2.13. The van der Waals surface area contributed by atoms with Crippen LogP contribution in [0.5, 0.6) is 0 Å². The van der Waals surface area contributed by atoms with Gasteiger partial charge in [-0.1, -0.05) is 0 Å². The molecule has 1 aliphatic heterocycles. The minimum atomic E-state index is -4.57. The standard InChI is InChI=1S/C9H11F3N4S/c10-9(11,12)8-15-6(13)3-7(16-8)14-5-1-2-17-4-5/h3,5H,1-2,4H2,(H3,13,14,15,16). The first kappa shape index (κ1) is 12.3. The Balaban J connectivity index is 2.19. The number of anilines is 2. The molecule has 1 atom stereocenters. The molecular formula is C9H11F3N4S. The van der Waals surface area contributed by atoms with E-state index in [0.717, 1.165) is 17.9 Å². The number of aromatic nitrogens is 2. The Morgan fingerprint density at radius 1 is 1.41 bits per heavy atom. The van der Waals surface area contributed by atoms with E-state index in [9.17, 15) is 13.2 Å². The first-order valence-electron chi connectivity index (χ1n) is 5.01. The van der Waals surface area contributed by atoms with Crippen LogP contribution in [0.15, 0.2) is 6.07 Å². The molecule has 0 saturated carbocycles. The summed E-state index contributed by atoms with van der Waals surface area (Å²) in [6.07, 6.45) is -3.66. The molecule has 1 aromatic heterocycles. The fraction of sp³-hybridized carbons (Fsp3) is 0.556. The van der Waals surface area contributed by atoms with Gasteiger partial charge in [0.15, 0.2) is 0 Å². The van der Waals surface area contributed by atoms with Crippen LogP contribution in [0.2, 0.25) is 0 Å². The second-order valence-corrected chi connectivity index (χ2v) is 4.85. The summed E-state index contributed by atoms with van der Waals surface area (Å²) in [7, 11) is 0. The maximum absolute atomic E-state index is 12.4. The Bertz CT molecular complexity index is 404. The number of alkyl halides is 3. The molecule has 0 aromatic carbocycles. The van der Waals surface area contributed by atoms with Gasteiger partial charge in [-0.3, -0.25) is 0 Å². The first-order valence-corrected chi connectivity index (χ1v) is 6.16. The third-order valence-electron chi connectivity index (χ3n) is 2.28. The Kier molecular flexibility index (Phi) is 3.32. The van der Waals surface area contributed by atoms with Crippen molar-refractivity contribution < 1.29 is 13.2 Å². The van der Waals surface area contributed by atoms with Crippen LogP contribution in [0.25, 0.3) is 0 Å². The van der Waals surface area contributed by atoms with Crippen molar-refractivity contribution in [3.8, 4) is 0 Å². The molecule has 2 heterocycles. The van der Waals surface area contributed by atoms with Gasteiger partial charge < -0.3 is 11.1 Å². The average molecular weight is 264 g/mol. The largest absolute Gasteiger partial charge is 0.451 e. The van der Waals surface area contributed by atoms with Gasteiger partial charge in [-0.05, 0) is 12.2 Å². The van der Waals surface area contributed by atoms with Crippen molar-refractivity contribution in [3.05, 3.63) is 11.9 Å². The van der Waals surface area contributed by atoms with E-state index in [1.54, 1.807) is 11.8 Å². The zero-order chi connectivity index (χ0) is 12.5. The van der Waals surface area contributed by atoms with E-state index in [4.69, 9.17) is 5.73 Å². The topological polar surface area (TPSA) is 63.8 Å². The van der Waals surface area contributed by atoms with E-state index >= 15 is 0 Å². The van der Waals surface area contributed by atoms with Gasteiger partial charge in [0.25, 0.3) is 0 Å². The second-order valence-electron chi connectivity index (χ2n) is 3.70. The highest BCUT2D eigenvalue weighted by Crippen LogP contribution is 2.28. The SMILES string of the molecule is Nc1cc(NC2CCSC2)nc(C(F)(F)F)n1. The summed E-state index contributed by atoms with van der Waals surface area (Å²) in [5.74, 6) is 0.624. The summed E-state index contributed by atoms with van der Waals surface area (Å²) < 4.78 is 37.3. The molecule has 1 aromatic rings. The van der Waals surface area contributed by atoms with Gasteiger partial charge in [0.1, 0.15) is 11.6 Å². The van der Waals surface area contributed by atoms with Gasteiger partial charge in [0, 0.05) is 17.9 Å². The molecule has 1 unspecified atom stereocenters. The highest BCUT2D eigenvalue weighted by Gasteiger charge is 2.35. The molecule has 0 radical (unpaired) electrons. The van der Waals surface area contributed by atoms with Crippen LogP contribution in [0, 0.1) is 0 Å². The number of rotatable bonds is 2. The molecule has 1 fully saturated rings. The highest BCUT2D eigenvalue weighted by atomic mass is 32.2. The molecule has 17 heavy (non-hydrogen) atoms. The van der Waals surface area contributed by atoms with E-state index in [1.807, 2.05) is 0 Å². The number of nitrogen functional groups attached to an aromatic ring is 1. The van der Waals surface area contributed by atoms with Crippen LogP contribution in [0.3, 0.4) is 0 Å². The monoisotopic (exact) mass is 264 g/mol. The molecule has 0 bridgehead atoms. The van der Waals surface area contributed by atoms with E-state index < -0.39 is 12.0 Å². The van der Waals surface area contributed by atoms with E-state index in [1.165, 1.54) is 6.07 Å². The number of hydrogen-bond donors (Lipinski definition) is 2. The summed E-state index contributed by atoms with van der Waals surface area (Å²) in [5.41, 5.74) is 5.33. The predicted octanol–water partition coefficient (Wildman–Crippen LogP) is 1.99. The van der Waals surface area contributed by atoms with Crippen LogP contribution >= 0.6 is 11.8 Å². The third-order valence-corrected chi connectivity index (χ3v) is 3.44. The van der Waals surface area contributed by atoms with Gasteiger partial charge in [0.2, 0.25) is 5.82 Å². The maximum Gasteiger partial charge on any atom is 0.451 e. The van der Waals surface area contributed by atoms with Crippen molar-refractivity contribution in [1.82, 2.24) is 9.97 Å². The minimum Gasteiger partial charge on any atom is -0.384 e. The molecule has 1 aliphatic rings. The van der Waals surface area contributed by atoms with E-state index in [0.29, 0.717) is 0 Å². The number of nitrogens with two attached hydrogens (primary N) is 1. The van der Waals surface area contributed by atoms with Crippen LogP contribution in [0.1, 0.15) is 12.2 Å². The molecule has 8 heteroatoms. The van der Waals surface area contributed by atoms with Gasteiger partial charge in [0.05, 0.1) is 0 Å². The first-order chi connectivity index (χ1) is 7.95. The average Bonchev–Trinajstić information content (AvgIpc) is 2.68. The van der Waals surface area contributed by atoms with Gasteiger partial charge in [-0.2, -0.15) is 24.9 Å².